The largest absolute Gasteiger partial charge is 0.493 e. The molecule has 1 atom stereocenters. The fourth-order valence-corrected chi connectivity index (χ4v) is 6.16. The van der Waals surface area contributed by atoms with Gasteiger partial charge in [-0.25, -0.2) is 8.42 Å². The molecule has 2 heterocycles. The average molecular weight is 549 g/mol. The summed E-state index contributed by atoms with van der Waals surface area (Å²) in [6.07, 6.45) is 1.39. The number of benzene rings is 3. The minimum absolute atomic E-state index is 0.0404. The Hall–Kier alpha value is -4.22. The van der Waals surface area contributed by atoms with Crippen molar-refractivity contribution >= 4 is 33.2 Å². The average Bonchev–Trinajstić information content (AvgIpc) is 3.37. The molecule has 0 radical (unpaired) electrons. The first kappa shape index (κ1) is 26.4. The molecule has 4 N–H and O–H groups in total. The number of sulfonamides is 1. The van der Waals surface area contributed by atoms with Crippen LogP contribution in [0.3, 0.4) is 0 Å². The Labute approximate surface area is 226 Å². The minimum Gasteiger partial charge on any atom is -0.493 e. The van der Waals surface area contributed by atoms with Gasteiger partial charge in [0.2, 0.25) is 15.9 Å². The van der Waals surface area contributed by atoms with Gasteiger partial charge in [0.15, 0.2) is 11.6 Å². The summed E-state index contributed by atoms with van der Waals surface area (Å²) in [7, 11) is -4.01. The lowest BCUT2D eigenvalue weighted by atomic mass is 10.1. The highest BCUT2D eigenvalue weighted by Crippen LogP contribution is 2.30. The van der Waals surface area contributed by atoms with E-state index in [9.17, 15) is 18.0 Å². The van der Waals surface area contributed by atoms with Gasteiger partial charge in [-0.3, -0.25) is 9.59 Å². The number of aryl methyl sites for hydroxylation is 1. The molecule has 3 aromatic carbocycles. The quantitative estimate of drug-likeness (QED) is 0.169. The zero-order valence-corrected chi connectivity index (χ0v) is 21.9. The van der Waals surface area contributed by atoms with E-state index in [2.05, 4.69) is 9.88 Å². The van der Waals surface area contributed by atoms with E-state index >= 15 is 0 Å². The SMILES string of the molecule is N/C(=N\O)c1ccc(CC(=O)CN2C(=O)[C@@H](NS(=O)(=O)c3ccc4c(c3)CCO4)CCc3ccccc32)cc1. The molecular formula is C28H28N4O6S. The standard InChI is InChI=1S/C28H28N4O6S/c29-27(30-35)20-7-5-18(6-8-20)15-22(33)17-32-25-4-2-1-3-19(25)9-11-24(28(32)34)31-39(36,37)23-10-12-26-21(16-23)13-14-38-26/h1-8,10,12,16,24,31,35H,9,11,13-15,17H2,(H2,29,30)/t24-/m0/s1. The molecule has 39 heavy (non-hydrogen) atoms. The van der Waals surface area contributed by atoms with Crippen LogP contribution in [0.2, 0.25) is 0 Å². The van der Waals surface area contributed by atoms with E-state index < -0.39 is 22.0 Å². The second-order valence-corrected chi connectivity index (χ2v) is 11.2. The number of ketones is 1. The van der Waals surface area contributed by atoms with E-state index in [1.807, 2.05) is 12.1 Å². The third-order valence-electron chi connectivity index (χ3n) is 6.91. The maximum Gasteiger partial charge on any atom is 0.245 e. The molecule has 0 saturated heterocycles. The molecule has 2 aliphatic heterocycles. The molecule has 202 valence electrons. The number of para-hydroxylation sites is 1. The molecule has 3 aromatic rings. The Balaban J connectivity index is 1.36. The van der Waals surface area contributed by atoms with Gasteiger partial charge in [0, 0.05) is 24.1 Å². The Morgan fingerprint density at radius 2 is 1.85 bits per heavy atom. The highest BCUT2D eigenvalue weighted by Gasteiger charge is 2.34. The summed E-state index contributed by atoms with van der Waals surface area (Å²) in [4.78, 5) is 28.3. The summed E-state index contributed by atoms with van der Waals surface area (Å²) < 4.78 is 34.6. The van der Waals surface area contributed by atoms with Gasteiger partial charge >= 0.3 is 0 Å². The first-order valence-electron chi connectivity index (χ1n) is 12.5. The molecule has 2 aliphatic rings. The van der Waals surface area contributed by atoms with Crippen LogP contribution in [0.5, 0.6) is 5.75 Å². The normalized spacial score (nSPS) is 17.2. The Morgan fingerprint density at radius 1 is 1.08 bits per heavy atom. The lowest BCUT2D eigenvalue weighted by molar-refractivity contribution is -0.123. The molecule has 0 aromatic heterocycles. The van der Waals surface area contributed by atoms with E-state index in [0.29, 0.717) is 42.0 Å². The van der Waals surface area contributed by atoms with Crippen LogP contribution in [0.25, 0.3) is 0 Å². The van der Waals surface area contributed by atoms with Crippen LogP contribution < -0.4 is 20.1 Å². The van der Waals surface area contributed by atoms with Gasteiger partial charge < -0.3 is 20.6 Å². The number of carbonyl (C=O) groups is 2. The summed E-state index contributed by atoms with van der Waals surface area (Å²) in [5.41, 5.74) is 9.07. The Morgan fingerprint density at radius 3 is 2.62 bits per heavy atom. The van der Waals surface area contributed by atoms with Gasteiger partial charge in [0.05, 0.1) is 18.0 Å². The summed E-state index contributed by atoms with van der Waals surface area (Å²) in [6.45, 7) is 0.288. The smallest absolute Gasteiger partial charge is 0.245 e. The zero-order valence-electron chi connectivity index (χ0n) is 21.0. The van der Waals surface area contributed by atoms with Crippen molar-refractivity contribution < 1.29 is 28.0 Å². The van der Waals surface area contributed by atoms with Gasteiger partial charge in [0.1, 0.15) is 11.8 Å². The molecule has 0 spiro atoms. The van der Waals surface area contributed by atoms with Crippen LogP contribution in [0.15, 0.2) is 76.8 Å². The third kappa shape index (κ3) is 5.64. The Bertz CT molecular complexity index is 1550. The number of rotatable bonds is 8. The maximum atomic E-state index is 13.7. The number of hydrogen-bond acceptors (Lipinski definition) is 7. The van der Waals surface area contributed by atoms with Gasteiger partial charge in [-0.05, 0) is 53.8 Å². The summed E-state index contributed by atoms with van der Waals surface area (Å²) >= 11 is 0. The van der Waals surface area contributed by atoms with Crippen molar-refractivity contribution in [1.29, 1.82) is 0 Å². The second kappa shape index (κ2) is 10.9. The molecule has 10 nitrogen and oxygen atoms in total. The highest BCUT2D eigenvalue weighted by atomic mass is 32.2. The highest BCUT2D eigenvalue weighted by molar-refractivity contribution is 7.89. The number of nitrogens with zero attached hydrogens (tertiary/aromatic N) is 2. The summed E-state index contributed by atoms with van der Waals surface area (Å²) in [5.74, 6) is -0.0823. The third-order valence-corrected chi connectivity index (χ3v) is 8.38. The van der Waals surface area contributed by atoms with Crippen molar-refractivity contribution in [2.75, 3.05) is 18.1 Å². The van der Waals surface area contributed by atoms with Crippen molar-refractivity contribution in [2.45, 2.75) is 36.6 Å². The van der Waals surface area contributed by atoms with Gasteiger partial charge in [0.25, 0.3) is 0 Å². The minimum atomic E-state index is -4.01. The van der Waals surface area contributed by atoms with E-state index in [1.165, 1.54) is 11.0 Å². The number of amides is 1. The number of carbonyl (C=O) groups excluding carboxylic acids is 2. The lowest BCUT2D eigenvalue weighted by Crippen LogP contribution is -2.49. The van der Waals surface area contributed by atoms with Crippen LogP contribution >= 0.6 is 0 Å². The molecule has 1 amide bonds. The van der Waals surface area contributed by atoms with Crippen molar-refractivity contribution in [3.63, 3.8) is 0 Å². The number of Topliss-reactive ketones (excluding diaryl/α,β-unsaturated/α-hetero) is 1. The molecule has 0 aliphatic carbocycles. The van der Waals surface area contributed by atoms with E-state index in [4.69, 9.17) is 15.7 Å². The monoisotopic (exact) mass is 548 g/mol. The molecule has 0 saturated carbocycles. The summed E-state index contributed by atoms with van der Waals surface area (Å²) in [5, 5.41) is 11.8. The fraction of sp³-hybridized carbons (Fsp3) is 0.250. The molecule has 0 fully saturated rings. The number of amidine groups is 1. The van der Waals surface area contributed by atoms with Gasteiger partial charge in [-0.2, -0.15) is 4.72 Å². The Kier molecular flexibility index (Phi) is 7.36. The van der Waals surface area contributed by atoms with Crippen LogP contribution in [-0.4, -0.2) is 50.3 Å². The van der Waals surface area contributed by atoms with Crippen LogP contribution in [0.4, 0.5) is 5.69 Å². The van der Waals surface area contributed by atoms with Crippen molar-refractivity contribution in [3.05, 3.63) is 89.0 Å². The molecule has 0 bridgehead atoms. The van der Waals surface area contributed by atoms with Gasteiger partial charge in [-0.15, -0.1) is 0 Å². The molecular weight excluding hydrogens is 520 g/mol. The van der Waals surface area contributed by atoms with Crippen molar-refractivity contribution in [2.24, 2.45) is 10.9 Å². The number of hydrogen-bond donors (Lipinski definition) is 3. The molecule has 11 heteroatoms. The maximum absolute atomic E-state index is 13.7. The second-order valence-electron chi connectivity index (χ2n) is 9.53. The topological polar surface area (TPSA) is 151 Å². The molecule has 0 unspecified atom stereocenters. The van der Waals surface area contributed by atoms with E-state index in [1.54, 1.807) is 48.5 Å². The van der Waals surface area contributed by atoms with E-state index in [-0.39, 0.29) is 35.9 Å². The van der Waals surface area contributed by atoms with Crippen LogP contribution in [0, 0.1) is 0 Å². The number of ether oxygens (including phenoxy) is 1. The van der Waals surface area contributed by atoms with E-state index in [0.717, 1.165) is 11.1 Å². The number of nitrogens with one attached hydrogen (secondary N) is 1. The molecule has 5 rings (SSSR count). The predicted octanol–water partition coefficient (Wildman–Crippen LogP) is 2.15. The van der Waals surface area contributed by atoms with Crippen molar-refractivity contribution in [3.8, 4) is 5.75 Å². The first-order valence-corrected chi connectivity index (χ1v) is 14.0. The van der Waals surface area contributed by atoms with Crippen LogP contribution in [0.1, 0.15) is 28.7 Å². The number of nitrogens with two attached hydrogens (primary N) is 1. The predicted molar refractivity (Wildman–Crippen MR) is 145 cm³/mol. The van der Waals surface area contributed by atoms with Crippen LogP contribution in [-0.2, 0) is 38.9 Å². The lowest BCUT2D eigenvalue weighted by Gasteiger charge is -2.26. The summed E-state index contributed by atoms with van der Waals surface area (Å²) in [6, 6.07) is 17.6. The first-order chi connectivity index (χ1) is 18.7. The number of anilines is 1. The van der Waals surface area contributed by atoms with Crippen molar-refractivity contribution in [1.82, 2.24) is 4.72 Å². The fourth-order valence-electron chi connectivity index (χ4n) is 4.88. The zero-order chi connectivity index (χ0) is 27.6. The number of oxime groups is 1. The number of fused-ring (bicyclic) bond motifs is 2. The van der Waals surface area contributed by atoms with Gasteiger partial charge in [-0.1, -0.05) is 47.6 Å².